The van der Waals surface area contributed by atoms with Crippen LogP contribution >= 0.6 is 11.6 Å². The molecule has 0 bridgehead atoms. The fourth-order valence-corrected chi connectivity index (χ4v) is 0.674. The van der Waals surface area contributed by atoms with Gasteiger partial charge < -0.3 is 10.1 Å². The average molecular weight is 217 g/mol. The number of hydrogen-bond donors (Lipinski definition) is 2. The molecule has 0 amide bonds. The first-order chi connectivity index (χ1) is 6.59. The highest BCUT2D eigenvalue weighted by Crippen LogP contribution is 2.25. The molecule has 1 aromatic rings. The van der Waals surface area contributed by atoms with E-state index in [-0.39, 0.29) is 5.69 Å². The Kier molecular flexibility index (Phi) is 3.64. The summed E-state index contributed by atoms with van der Waals surface area (Å²) in [7, 11) is 0. The number of H-pyrrole nitrogens is 1. The fourth-order valence-electron chi connectivity index (χ4n) is 0.548. The number of hydrogen-bond acceptors (Lipinski definition) is 3. The second-order valence-corrected chi connectivity index (χ2v) is 3.39. The van der Waals surface area contributed by atoms with E-state index in [0.717, 1.165) is 12.4 Å². The van der Waals surface area contributed by atoms with E-state index in [1.165, 1.54) is 12.8 Å². The van der Waals surface area contributed by atoms with Gasteiger partial charge in [-0.2, -0.15) is 0 Å². The summed E-state index contributed by atoms with van der Waals surface area (Å²) in [6, 6.07) is 0.919. The lowest BCUT2D eigenvalue weighted by Crippen LogP contribution is -2.10. The van der Waals surface area contributed by atoms with Crippen LogP contribution in [0.1, 0.15) is 23.3 Å². The maximum absolute atomic E-state index is 10.4. The molecule has 1 saturated carbocycles. The van der Waals surface area contributed by atoms with Gasteiger partial charge in [0.25, 0.3) is 5.56 Å². The molecule has 0 radical (unpaired) electrons. The second kappa shape index (κ2) is 4.76. The highest BCUT2D eigenvalue weighted by molar-refractivity contribution is 6.22. The van der Waals surface area contributed by atoms with Crippen LogP contribution in [0.15, 0.2) is 17.2 Å². The summed E-state index contributed by atoms with van der Waals surface area (Å²) in [5.41, 5.74) is -0.712. The number of aromatic nitrogens is 2. The van der Waals surface area contributed by atoms with Crippen molar-refractivity contribution in [3.05, 3.63) is 28.4 Å². The molecule has 14 heavy (non-hydrogen) atoms. The van der Waals surface area contributed by atoms with E-state index in [2.05, 4.69) is 9.97 Å². The number of aromatic carboxylic acids is 1. The Morgan fingerprint density at radius 2 is 2.21 bits per heavy atom. The standard InChI is InChI=1S/C5H4N2O3.C3H5Cl/c8-4-1-3(5(9)10)6-2-7-4;4-3-1-2-3/h1-2H,(H,9,10)(H,6,7,8);3H,1-2H2. The highest BCUT2D eigenvalue weighted by Gasteiger charge is 2.15. The van der Waals surface area contributed by atoms with Gasteiger partial charge in [-0.25, -0.2) is 9.78 Å². The summed E-state index contributed by atoms with van der Waals surface area (Å²) in [6.45, 7) is 0. The molecule has 2 rings (SSSR count). The fraction of sp³-hybridized carbons (Fsp3) is 0.375. The van der Waals surface area contributed by atoms with E-state index in [9.17, 15) is 9.59 Å². The van der Waals surface area contributed by atoms with Gasteiger partial charge in [0.2, 0.25) is 0 Å². The van der Waals surface area contributed by atoms with Gasteiger partial charge >= 0.3 is 5.97 Å². The molecule has 76 valence electrons. The van der Waals surface area contributed by atoms with Gasteiger partial charge in [-0.3, -0.25) is 4.79 Å². The van der Waals surface area contributed by atoms with Crippen molar-refractivity contribution in [1.82, 2.24) is 9.97 Å². The minimum absolute atomic E-state index is 0.247. The van der Waals surface area contributed by atoms with Gasteiger partial charge in [0.05, 0.1) is 6.33 Å². The van der Waals surface area contributed by atoms with Crippen LogP contribution in [0.25, 0.3) is 0 Å². The van der Waals surface area contributed by atoms with Gasteiger partial charge in [-0.1, -0.05) is 0 Å². The molecule has 6 heteroatoms. The lowest BCUT2D eigenvalue weighted by atomic mass is 10.4. The molecule has 1 aromatic heterocycles. The summed E-state index contributed by atoms with van der Waals surface area (Å²) in [4.78, 5) is 26.2. The van der Waals surface area contributed by atoms with Crippen molar-refractivity contribution >= 4 is 17.6 Å². The zero-order valence-electron chi connectivity index (χ0n) is 7.24. The Morgan fingerprint density at radius 3 is 2.50 bits per heavy atom. The van der Waals surface area contributed by atoms with Crippen molar-refractivity contribution in [1.29, 1.82) is 0 Å². The normalized spacial score (nSPS) is 14.1. The number of rotatable bonds is 1. The lowest BCUT2D eigenvalue weighted by molar-refractivity contribution is 0.0690. The molecule has 1 aliphatic carbocycles. The van der Waals surface area contributed by atoms with E-state index < -0.39 is 11.5 Å². The van der Waals surface area contributed by atoms with Gasteiger partial charge in [-0.15, -0.1) is 11.6 Å². The Morgan fingerprint density at radius 1 is 1.64 bits per heavy atom. The summed E-state index contributed by atoms with van der Waals surface area (Å²) < 4.78 is 0. The van der Waals surface area contributed by atoms with Crippen molar-refractivity contribution in [2.24, 2.45) is 0 Å². The molecule has 2 N–H and O–H groups in total. The molecule has 1 heterocycles. The number of aromatic amines is 1. The monoisotopic (exact) mass is 216 g/mol. The second-order valence-electron chi connectivity index (χ2n) is 2.78. The van der Waals surface area contributed by atoms with Crippen LogP contribution in [0.2, 0.25) is 0 Å². The zero-order chi connectivity index (χ0) is 10.6. The number of carbonyl (C=O) groups is 1. The molecule has 0 unspecified atom stereocenters. The van der Waals surface area contributed by atoms with Crippen LogP contribution in [-0.2, 0) is 0 Å². The number of nitrogens with one attached hydrogen (secondary N) is 1. The third-order valence-electron chi connectivity index (χ3n) is 1.40. The molecule has 5 nitrogen and oxygen atoms in total. The number of carboxylic acids is 1. The van der Waals surface area contributed by atoms with Crippen LogP contribution in [0.5, 0.6) is 0 Å². The number of halogens is 1. The van der Waals surface area contributed by atoms with Crippen LogP contribution in [0.4, 0.5) is 0 Å². The molecule has 1 aliphatic rings. The molecular weight excluding hydrogens is 208 g/mol. The predicted octanol–water partition coefficient (Wildman–Crippen LogP) is 0.856. The van der Waals surface area contributed by atoms with Gasteiger partial charge in [0.15, 0.2) is 5.69 Å². The maximum atomic E-state index is 10.4. The Balaban J connectivity index is 0.000000203. The van der Waals surface area contributed by atoms with Crippen molar-refractivity contribution in [3.63, 3.8) is 0 Å². The van der Waals surface area contributed by atoms with Crippen molar-refractivity contribution in [2.75, 3.05) is 0 Å². The van der Waals surface area contributed by atoms with Crippen LogP contribution < -0.4 is 5.56 Å². The smallest absolute Gasteiger partial charge is 0.354 e. The summed E-state index contributed by atoms with van der Waals surface area (Å²) >= 11 is 5.39. The molecule has 0 spiro atoms. The maximum Gasteiger partial charge on any atom is 0.354 e. The number of alkyl halides is 1. The van der Waals surface area contributed by atoms with E-state index in [1.54, 1.807) is 0 Å². The first kappa shape index (κ1) is 10.7. The van der Waals surface area contributed by atoms with E-state index in [4.69, 9.17) is 16.7 Å². The topological polar surface area (TPSA) is 83.0 Å². The highest BCUT2D eigenvalue weighted by atomic mass is 35.5. The van der Waals surface area contributed by atoms with E-state index in [0.29, 0.717) is 5.38 Å². The average Bonchev–Trinajstić information content (AvgIpc) is 2.89. The Hall–Kier alpha value is -1.36. The molecule has 1 fully saturated rings. The third kappa shape index (κ3) is 4.04. The zero-order valence-corrected chi connectivity index (χ0v) is 7.99. The Bertz CT molecular complexity index is 373. The first-order valence-electron chi connectivity index (χ1n) is 4.01. The van der Waals surface area contributed by atoms with Crippen LogP contribution in [0.3, 0.4) is 0 Å². The predicted molar refractivity (Wildman–Crippen MR) is 50.7 cm³/mol. The van der Waals surface area contributed by atoms with Gasteiger partial charge in [0.1, 0.15) is 0 Å². The SMILES string of the molecule is ClC1CC1.O=C(O)c1cc(=O)[nH]cn1. The lowest BCUT2D eigenvalue weighted by Gasteiger charge is -1.87. The summed E-state index contributed by atoms with van der Waals surface area (Å²) in [5.74, 6) is -1.20. The van der Waals surface area contributed by atoms with Crippen LogP contribution in [0, 0.1) is 0 Å². The molecule has 0 aromatic carbocycles. The largest absolute Gasteiger partial charge is 0.477 e. The minimum Gasteiger partial charge on any atom is -0.477 e. The molecule has 0 saturated heterocycles. The molecule has 0 atom stereocenters. The number of carboxylic acid groups (broad SMARTS) is 1. The van der Waals surface area contributed by atoms with Crippen molar-refractivity contribution < 1.29 is 9.90 Å². The van der Waals surface area contributed by atoms with E-state index in [1.807, 2.05) is 0 Å². The van der Waals surface area contributed by atoms with Gasteiger partial charge in [0, 0.05) is 11.4 Å². The van der Waals surface area contributed by atoms with E-state index >= 15 is 0 Å². The first-order valence-corrected chi connectivity index (χ1v) is 4.45. The third-order valence-corrected chi connectivity index (χ3v) is 1.84. The van der Waals surface area contributed by atoms with Crippen molar-refractivity contribution in [2.45, 2.75) is 18.2 Å². The summed E-state index contributed by atoms with van der Waals surface area (Å²) in [5, 5.41) is 8.85. The summed E-state index contributed by atoms with van der Waals surface area (Å²) in [6.07, 6.45) is 3.55. The Labute approximate surface area is 84.8 Å². The molecular formula is C8H9ClN2O3. The van der Waals surface area contributed by atoms with Gasteiger partial charge in [-0.05, 0) is 12.8 Å². The molecule has 0 aliphatic heterocycles. The van der Waals surface area contributed by atoms with Crippen LogP contribution in [-0.4, -0.2) is 26.4 Å². The number of nitrogens with zero attached hydrogens (tertiary/aromatic N) is 1. The quantitative estimate of drug-likeness (QED) is 0.682. The minimum atomic E-state index is -1.20. The van der Waals surface area contributed by atoms with Crippen molar-refractivity contribution in [3.8, 4) is 0 Å².